The van der Waals surface area contributed by atoms with E-state index in [0.717, 1.165) is 5.69 Å². The molecule has 2 aliphatic carbocycles. The Morgan fingerprint density at radius 3 is 2.72 bits per heavy atom. The minimum absolute atomic E-state index is 0.0587. The molecule has 4 rings (SSSR count). The van der Waals surface area contributed by atoms with E-state index in [1.165, 1.54) is 37.4 Å². The molecule has 1 heterocycles. The van der Waals surface area contributed by atoms with Gasteiger partial charge in [0.2, 0.25) is 11.1 Å². The molecule has 1 amide bonds. The summed E-state index contributed by atoms with van der Waals surface area (Å²) in [5.74, 6) is 2.44. The van der Waals surface area contributed by atoms with E-state index in [1.54, 1.807) is 11.8 Å². The summed E-state index contributed by atoms with van der Waals surface area (Å²) < 4.78 is 6.97. The number of carbonyl (C=O) groups is 1. The van der Waals surface area contributed by atoms with Crippen LogP contribution in [-0.4, -0.2) is 45.0 Å². The molecule has 1 aromatic heterocycles. The van der Waals surface area contributed by atoms with E-state index in [-0.39, 0.29) is 5.91 Å². The third kappa shape index (κ3) is 3.78. The number of tetrazole rings is 1. The predicted octanol–water partition coefficient (Wildman–Crippen LogP) is 2.07. The molecular weight excluding hydrogens is 338 g/mol. The third-order valence-corrected chi connectivity index (χ3v) is 5.59. The molecule has 1 aromatic carbocycles. The lowest BCUT2D eigenvalue weighted by molar-refractivity contribution is -0.119. The van der Waals surface area contributed by atoms with Gasteiger partial charge in [0.15, 0.2) is 0 Å². The molecule has 0 bridgehead atoms. The van der Waals surface area contributed by atoms with Crippen molar-refractivity contribution in [1.82, 2.24) is 25.5 Å². The average molecular weight is 359 g/mol. The van der Waals surface area contributed by atoms with Crippen molar-refractivity contribution >= 4 is 17.7 Å². The molecule has 7 nitrogen and oxygen atoms in total. The molecule has 132 valence electrons. The van der Waals surface area contributed by atoms with Crippen LogP contribution in [0.4, 0.5) is 0 Å². The molecule has 2 fully saturated rings. The quantitative estimate of drug-likeness (QED) is 0.727. The van der Waals surface area contributed by atoms with Crippen LogP contribution in [-0.2, 0) is 4.79 Å². The summed E-state index contributed by atoms with van der Waals surface area (Å²) in [6.45, 7) is 0. The Morgan fingerprint density at radius 1 is 1.32 bits per heavy atom. The fourth-order valence-electron chi connectivity index (χ4n) is 3.11. The number of methoxy groups -OCH3 is 1. The Kier molecular flexibility index (Phi) is 4.61. The number of carbonyl (C=O) groups excluding carboxylic acids is 1. The predicted molar refractivity (Wildman–Crippen MR) is 93.8 cm³/mol. The third-order valence-electron chi connectivity index (χ3n) is 4.67. The van der Waals surface area contributed by atoms with Crippen molar-refractivity contribution in [1.29, 1.82) is 0 Å². The summed E-state index contributed by atoms with van der Waals surface area (Å²) in [5, 5.41) is 15.6. The number of ether oxygens (including phenoxy) is 1. The first-order valence-corrected chi connectivity index (χ1v) is 9.58. The highest BCUT2D eigenvalue weighted by Gasteiger charge is 2.42. The van der Waals surface area contributed by atoms with Crippen LogP contribution in [0.15, 0.2) is 29.4 Å². The van der Waals surface area contributed by atoms with Gasteiger partial charge in [0.1, 0.15) is 11.4 Å². The molecule has 1 N–H and O–H groups in total. The Balaban J connectivity index is 1.40. The van der Waals surface area contributed by atoms with Gasteiger partial charge in [0, 0.05) is 6.04 Å². The van der Waals surface area contributed by atoms with Crippen LogP contribution in [0.5, 0.6) is 5.75 Å². The molecule has 0 radical (unpaired) electrons. The molecule has 8 heteroatoms. The Hall–Kier alpha value is -2.09. The van der Waals surface area contributed by atoms with Gasteiger partial charge in [-0.05, 0) is 60.1 Å². The van der Waals surface area contributed by atoms with E-state index in [2.05, 4.69) is 20.8 Å². The second-order valence-electron chi connectivity index (χ2n) is 6.60. The maximum atomic E-state index is 12.3. The number of aromatic nitrogens is 4. The van der Waals surface area contributed by atoms with E-state index in [1.807, 2.05) is 24.3 Å². The van der Waals surface area contributed by atoms with Crippen LogP contribution in [0.1, 0.15) is 25.7 Å². The molecular formula is C17H21N5O2S. The fraction of sp³-hybridized carbons (Fsp3) is 0.529. The molecule has 0 aliphatic heterocycles. The molecule has 0 unspecified atom stereocenters. The number of nitrogens with one attached hydrogen (secondary N) is 1. The van der Waals surface area contributed by atoms with Gasteiger partial charge in [-0.1, -0.05) is 23.9 Å². The lowest BCUT2D eigenvalue weighted by atomic mass is 10.1. The Labute approximate surface area is 150 Å². The molecule has 0 spiro atoms. The summed E-state index contributed by atoms with van der Waals surface area (Å²) >= 11 is 1.34. The van der Waals surface area contributed by atoms with Crippen LogP contribution in [0.2, 0.25) is 0 Å². The van der Waals surface area contributed by atoms with Gasteiger partial charge < -0.3 is 10.1 Å². The summed E-state index contributed by atoms with van der Waals surface area (Å²) in [6, 6.07) is 7.90. The summed E-state index contributed by atoms with van der Waals surface area (Å²) in [4.78, 5) is 12.3. The van der Waals surface area contributed by atoms with Crippen molar-refractivity contribution in [2.24, 2.45) is 11.8 Å². The molecule has 0 atom stereocenters. The number of nitrogens with zero attached hydrogens (tertiary/aromatic N) is 4. The number of benzene rings is 1. The number of para-hydroxylation sites is 2. The molecule has 2 aliphatic rings. The monoisotopic (exact) mass is 359 g/mol. The second kappa shape index (κ2) is 7.03. The zero-order valence-corrected chi connectivity index (χ0v) is 14.9. The van der Waals surface area contributed by atoms with Crippen molar-refractivity contribution in [3.63, 3.8) is 0 Å². The maximum absolute atomic E-state index is 12.3. The number of rotatable bonds is 8. The van der Waals surface area contributed by atoms with Crippen LogP contribution in [0.3, 0.4) is 0 Å². The second-order valence-corrected chi connectivity index (χ2v) is 7.54. The van der Waals surface area contributed by atoms with Crippen LogP contribution in [0.25, 0.3) is 5.69 Å². The number of hydrogen-bond donors (Lipinski definition) is 1. The van der Waals surface area contributed by atoms with E-state index in [4.69, 9.17) is 4.74 Å². The van der Waals surface area contributed by atoms with Crippen molar-refractivity contribution in [2.45, 2.75) is 36.9 Å². The normalized spacial score (nSPS) is 16.9. The fourth-order valence-corrected chi connectivity index (χ4v) is 3.81. The van der Waals surface area contributed by atoms with Crippen molar-refractivity contribution in [3.8, 4) is 11.4 Å². The summed E-state index contributed by atoms with van der Waals surface area (Å²) in [7, 11) is 1.61. The summed E-state index contributed by atoms with van der Waals surface area (Å²) in [6.07, 6.45) is 5.00. The summed E-state index contributed by atoms with van der Waals surface area (Å²) in [5.41, 5.74) is 0.756. The maximum Gasteiger partial charge on any atom is 0.230 e. The minimum Gasteiger partial charge on any atom is -0.494 e. The van der Waals surface area contributed by atoms with Crippen molar-refractivity contribution < 1.29 is 9.53 Å². The first-order chi connectivity index (χ1) is 12.3. The van der Waals surface area contributed by atoms with Crippen molar-refractivity contribution in [3.05, 3.63) is 24.3 Å². The smallest absolute Gasteiger partial charge is 0.230 e. The highest BCUT2D eigenvalue weighted by atomic mass is 32.2. The zero-order valence-electron chi connectivity index (χ0n) is 14.1. The first-order valence-electron chi connectivity index (χ1n) is 8.60. The topological polar surface area (TPSA) is 81.9 Å². The lowest BCUT2D eigenvalue weighted by Gasteiger charge is -2.17. The lowest BCUT2D eigenvalue weighted by Crippen LogP contribution is -2.39. The molecule has 2 aromatic rings. The van der Waals surface area contributed by atoms with Gasteiger partial charge in [0.05, 0.1) is 12.9 Å². The number of amides is 1. The van der Waals surface area contributed by atoms with E-state index < -0.39 is 0 Å². The number of thioether (sulfide) groups is 1. The van der Waals surface area contributed by atoms with E-state index >= 15 is 0 Å². The van der Waals surface area contributed by atoms with Gasteiger partial charge in [-0.3, -0.25) is 4.79 Å². The molecule has 0 saturated heterocycles. The standard InChI is InChI=1S/C17H21N5O2S/c1-24-14-5-3-2-4-13(14)22-17(19-20-21-22)25-10-15(23)18-16(11-6-7-11)12-8-9-12/h2-5,11-12,16H,6-10H2,1H3,(H,18,23). The van der Waals surface area contributed by atoms with Crippen LogP contribution in [0, 0.1) is 11.8 Å². The van der Waals surface area contributed by atoms with Gasteiger partial charge in [-0.15, -0.1) is 5.10 Å². The van der Waals surface area contributed by atoms with Crippen LogP contribution < -0.4 is 10.1 Å². The largest absolute Gasteiger partial charge is 0.494 e. The highest BCUT2D eigenvalue weighted by molar-refractivity contribution is 7.99. The van der Waals surface area contributed by atoms with Gasteiger partial charge in [-0.2, -0.15) is 4.68 Å². The highest BCUT2D eigenvalue weighted by Crippen LogP contribution is 2.44. The Bertz CT molecular complexity index is 745. The SMILES string of the molecule is COc1ccccc1-n1nnnc1SCC(=O)NC(C1CC1)C1CC1. The van der Waals surface area contributed by atoms with E-state index in [0.29, 0.717) is 34.5 Å². The van der Waals surface area contributed by atoms with Gasteiger partial charge in [0.25, 0.3) is 0 Å². The van der Waals surface area contributed by atoms with Gasteiger partial charge in [-0.25, -0.2) is 0 Å². The first kappa shape index (κ1) is 16.4. The van der Waals surface area contributed by atoms with Gasteiger partial charge >= 0.3 is 0 Å². The zero-order chi connectivity index (χ0) is 17.2. The molecule has 2 saturated carbocycles. The van der Waals surface area contributed by atoms with Crippen LogP contribution >= 0.6 is 11.8 Å². The van der Waals surface area contributed by atoms with Crippen molar-refractivity contribution in [2.75, 3.05) is 12.9 Å². The molecule has 25 heavy (non-hydrogen) atoms. The number of hydrogen-bond acceptors (Lipinski definition) is 6. The average Bonchev–Trinajstić information content (AvgIpc) is 3.56. The minimum atomic E-state index is 0.0587. The van der Waals surface area contributed by atoms with E-state index in [9.17, 15) is 4.79 Å². The Morgan fingerprint density at radius 2 is 2.04 bits per heavy atom.